The highest BCUT2D eigenvalue weighted by atomic mass is 16.6. The van der Waals surface area contributed by atoms with Gasteiger partial charge in [-0.05, 0) is 18.6 Å². The highest BCUT2D eigenvalue weighted by Gasteiger charge is 2.22. The second kappa shape index (κ2) is 7.78. The fourth-order valence-corrected chi connectivity index (χ4v) is 1.39. The molecule has 1 aromatic carbocycles. The third-order valence-electron chi connectivity index (χ3n) is 2.41. The first kappa shape index (κ1) is 15.5. The van der Waals surface area contributed by atoms with Crippen LogP contribution in [0.25, 0.3) is 0 Å². The number of ether oxygens (including phenoxy) is 2. The van der Waals surface area contributed by atoms with E-state index in [1.165, 1.54) is 7.11 Å². The molecule has 7 heteroatoms. The third kappa shape index (κ3) is 5.38. The Morgan fingerprint density at radius 3 is 2.45 bits per heavy atom. The zero-order valence-electron chi connectivity index (χ0n) is 10.9. The van der Waals surface area contributed by atoms with Crippen LogP contribution >= 0.6 is 0 Å². The molecule has 0 fully saturated rings. The predicted octanol–water partition coefficient (Wildman–Crippen LogP) is 1.18. The van der Waals surface area contributed by atoms with E-state index in [0.717, 1.165) is 0 Å². The summed E-state index contributed by atoms with van der Waals surface area (Å²) < 4.78 is 9.30. The van der Waals surface area contributed by atoms with Crippen molar-refractivity contribution in [2.24, 2.45) is 0 Å². The van der Waals surface area contributed by atoms with E-state index in [4.69, 9.17) is 9.84 Å². The van der Waals surface area contributed by atoms with Crippen molar-refractivity contribution in [3.63, 3.8) is 0 Å². The molecular weight excluding hydrogens is 266 g/mol. The van der Waals surface area contributed by atoms with Crippen molar-refractivity contribution in [3.05, 3.63) is 30.3 Å². The van der Waals surface area contributed by atoms with Gasteiger partial charge in [0.15, 0.2) is 0 Å². The number of amides is 1. The molecule has 0 saturated carbocycles. The molecule has 7 nitrogen and oxygen atoms in total. The molecule has 0 saturated heterocycles. The van der Waals surface area contributed by atoms with E-state index < -0.39 is 24.1 Å². The second-order valence-electron chi connectivity index (χ2n) is 3.85. The van der Waals surface area contributed by atoms with Gasteiger partial charge in [-0.15, -0.1) is 0 Å². The lowest BCUT2D eigenvalue weighted by molar-refractivity contribution is -0.142. The SMILES string of the molecule is COC(=O)CCC(NC(=O)Oc1ccccc1)C(=O)O. The summed E-state index contributed by atoms with van der Waals surface area (Å²) in [5.74, 6) is -1.50. The van der Waals surface area contributed by atoms with Gasteiger partial charge in [-0.1, -0.05) is 18.2 Å². The quantitative estimate of drug-likeness (QED) is 0.759. The standard InChI is InChI=1S/C13H15NO6/c1-19-11(15)8-7-10(12(16)17)14-13(18)20-9-5-3-2-4-6-9/h2-6,10H,7-8H2,1H3,(H,14,18)(H,16,17). The fourth-order valence-electron chi connectivity index (χ4n) is 1.39. The van der Waals surface area contributed by atoms with E-state index >= 15 is 0 Å². The number of carboxylic acid groups (broad SMARTS) is 1. The van der Waals surface area contributed by atoms with Crippen LogP contribution in [0, 0.1) is 0 Å². The zero-order chi connectivity index (χ0) is 15.0. The zero-order valence-corrected chi connectivity index (χ0v) is 10.9. The monoisotopic (exact) mass is 281 g/mol. The summed E-state index contributed by atoms with van der Waals surface area (Å²) in [4.78, 5) is 33.5. The highest BCUT2D eigenvalue weighted by Crippen LogP contribution is 2.09. The van der Waals surface area contributed by atoms with Gasteiger partial charge < -0.3 is 19.9 Å². The molecule has 0 spiro atoms. The number of carbonyl (C=O) groups excluding carboxylic acids is 2. The molecule has 0 aliphatic carbocycles. The Hall–Kier alpha value is -2.57. The van der Waals surface area contributed by atoms with Crippen molar-refractivity contribution >= 4 is 18.0 Å². The van der Waals surface area contributed by atoms with Crippen LogP contribution in [0.3, 0.4) is 0 Å². The van der Waals surface area contributed by atoms with E-state index in [-0.39, 0.29) is 12.8 Å². The molecule has 0 aromatic heterocycles. The predicted molar refractivity (Wildman–Crippen MR) is 68.3 cm³/mol. The Labute approximate surface area is 115 Å². The number of benzene rings is 1. The third-order valence-corrected chi connectivity index (χ3v) is 2.41. The lowest BCUT2D eigenvalue weighted by Crippen LogP contribution is -2.42. The summed E-state index contributed by atoms with van der Waals surface area (Å²) in [5, 5.41) is 11.1. The normalized spacial score (nSPS) is 11.2. The Morgan fingerprint density at radius 1 is 1.25 bits per heavy atom. The minimum absolute atomic E-state index is 0.0775. The molecular formula is C13H15NO6. The van der Waals surface area contributed by atoms with Gasteiger partial charge in [-0.3, -0.25) is 4.79 Å². The molecule has 1 unspecified atom stereocenters. The molecule has 1 rings (SSSR count). The van der Waals surface area contributed by atoms with Gasteiger partial charge in [-0.2, -0.15) is 0 Å². The number of methoxy groups -OCH3 is 1. The van der Waals surface area contributed by atoms with Crippen LogP contribution in [0.5, 0.6) is 5.75 Å². The second-order valence-corrected chi connectivity index (χ2v) is 3.85. The van der Waals surface area contributed by atoms with Gasteiger partial charge in [0.2, 0.25) is 0 Å². The number of rotatable bonds is 6. The molecule has 2 N–H and O–H groups in total. The van der Waals surface area contributed by atoms with Crippen molar-refractivity contribution in [2.75, 3.05) is 7.11 Å². The Morgan fingerprint density at radius 2 is 1.90 bits per heavy atom. The average molecular weight is 281 g/mol. The topological polar surface area (TPSA) is 102 Å². The van der Waals surface area contributed by atoms with Crippen LogP contribution in [0.15, 0.2) is 30.3 Å². The molecule has 0 aliphatic heterocycles. The van der Waals surface area contributed by atoms with Crippen molar-refractivity contribution in [1.29, 1.82) is 0 Å². The van der Waals surface area contributed by atoms with Crippen LogP contribution in [-0.2, 0) is 14.3 Å². The van der Waals surface area contributed by atoms with Gasteiger partial charge in [0.25, 0.3) is 0 Å². The van der Waals surface area contributed by atoms with E-state index in [2.05, 4.69) is 10.1 Å². The largest absolute Gasteiger partial charge is 0.480 e. The maximum absolute atomic E-state index is 11.5. The van der Waals surface area contributed by atoms with Crippen molar-refractivity contribution in [1.82, 2.24) is 5.32 Å². The minimum atomic E-state index is -1.25. The van der Waals surface area contributed by atoms with Gasteiger partial charge in [0, 0.05) is 6.42 Å². The van der Waals surface area contributed by atoms with E-state index in [1.54, 1.807) is 30.3 Å². The minimum Gasteiger partial charge on any atom is -0.480 e. The van der Waals surface area contributed by atoms with Gasteiger partial charge >= 0.3 is 18.0 Å². The number of carboxylic acids is 1. The number of hydrogen-bond acceptors (Lipinski definition) is 5. The van der Waals surface area contributed by atoms with Crippen LogP contribution in [0.1, 0.15) is 12.8 Å². The van der Waals surface area contributed by atoms with E-state index in [1.807, 2.05) is 0 Å². The molecule has 108 valence electrons. The molecule has 20 heavy (non-hydrogen) atoms. The highest BCUT2D eigenvalue weighted by molar-refractivity contribution is 5.81. The Bertz CT molecular complexity index is 473. The molecule has 0 aliphatic rings. The Kier molecular flexibility index (Phi) is 6.02. The van der Waals surface area contributed by atoms with E-state index in [9.17, 15) is 14.4 Å². The van der Waals surface area contributed by atoms with Crippen molar-refractivity contribution in [3.8, 4) is 5.75 Å². The summed E-state index contributed by atoms with van der Waals surface area (Å²) >= 11 is 0. The molecule has 1 aromatic rings. The molecule has 1 amide bonds. The number of para-hydroxylation sites is 1. The van der Waals surface area contributed by atoms with Crippen molar-refractivity contribution < 1.29 is 29.0 Å². The van der Waals surface area contributed by atoms with Crippen LogP contribution in [-0.4, -0.2) is 36.3 Å². The number of esters is 1. The summed E-state index contributed by atoms with van der Waals surface area (Å²) in [6, 6.07) is 7.00. The fraction of sp³-hybridized carbons (Fsp3) is 0.308. The first-order chi connectivity index (χ1) is 9.52. The first-order valence-electron chi connectivity index (χ1n) is 5.86. The van der Waals surface area contributed by atoms with Gasteiger partial charge in [0.05, 0.1) is 7.11 Å². The lowest BCUT2D eigenvalue weighted by atomic mass is 10.1. The number of carbonyl (C=O) groups is 3. The number of hydrogen-bond donors (Lipinski definition) is 2. The first-order valence-corrected chi connectivity index (χ1v) is 5.86. The summed E-state index contributed by atoms with van der Waals surface area (Å²) in [6.07, 6.45) is -1.08. The molecule has 0 heterocycles. The van der Waals surface area contributed by atoms with Crippen LogP contribution < -0.4 is 10.1 Å². The van der Waals surface area contributed by atoms with Crippen LogP contribution in [0.4, 0.5) is 4.79 Å². The van der Waals surface area contributed by atoms with Crippen molar-refractivity contribution in [2.45, 2.75) is 18.9 Å². The summed E-state index contributed by atoms with van der Waals surface area (Å²) in [7, 11) is 1.20. The average Bonchev–Trinajstić information content (AvgIpc) is 2.43. The number of aliphatic carboxylic acids is 1. The van der Waals surface area contributed by atoms with E-state index in [0.29, 0.717) is 5.75 Å². The lowest BCUT2D eigenvalue weighted by Gasteiger charge is -2.13. The van der Waals surface area contributed by atoms with Crippen LogP contribution in [0.2, 0.25) is 0 Å². The smallest absolute Gasteiger partial charge is 0.413 e. The summed E-state index contributed by atoms with van der Waals surface area (Å²) in [5.41, 5.74) is 0. The molecule has 0 bridgehead atoms. The maximum Gasteiger partial charge on any atom is 0.413 e. The Balaban J connectivity index is 2.50. The molecule has 0 radical (unpaired) electrons. The number of nitrogens with one attached hydrogen (secondary N) is 1. The summed E-state index contributed by atoms with van der Waals surface area (Å²) in [6.45, 7) is 0. The van der Waals surface area contributed by atoms with Gasteiger partial charge in [0.1, 0.15) is 11.8 Å². The van der Waals surface area contributed by atoms with Gasteiger partial charge in [-0.25, -0.2) is 9.59 Å². The maximum atomic E-state index is 11.5. The molecule has 1 atom stereocenters.